The highest BCUT2D eigenvalue weighted by atomic mass is 32.2. The van der Waals surface area contributed by atoms with Gasteiger partial charge in [-0.3, -0.25) is 14.5 Å². The lowest BCUT2D eigenvalue weighted by Gasteiger charge is -2.35. The molecule has 0 atom stereocenters. The number of aromatic nitrogens is 3. The fraction of sp³-hybridized carbons (Fsp3) is 0.654. The number of hydrogen-bond acceptors (Lipinski definition) is 7. The Morgan fingerprint density at radius 1 is 1.27 bits per heavy atom. The molecule has 2 aromatic heterocycles. The van der Waals surface area contributed by atoms with Gasteiger partial charge in [-0.05, 0) is 39.5 Å². The highest BCUT2D eigenvalue weighted by Crippen LogP contribution is 2.37. The third-order valence-corrected chi connectivity index (χ3v) is 9.05. The number of pyridine rings is 1. The number of carbonyl (C=O) groups is 1. The van der Waals surface area contributed by atoms with E-state index in [4.69, 9.17) is 4.74 Å². The molecule has 40 heavy (non-hydrogen) atoms. The Bertz CT molecular complexity index is 1320. The van der Waals surface area contributed by atoms with Crippen LogP contribution in [0.25, 0.3) is 11.3 Å². The second-order valence-corrected chi connectivity index (χ2v) is 13.4. The molecule has 0 saturated heterocycles. The van der Waals surface area contributed by atoms with Crippen molar-refractivity contribution in [3.8, 4) is 17.0 Å². The van der Waals surface area contributed by atoms with Crippen LogP contribution in [-0.4, -0.2) is 70.9 Å². The summed E-state index contributed by atoms with van der Waals surface area (Å²) in [6.45, 7) is 2.94. The molecule has 0 unspecified atom stereocenters. The SMILES string of the molecule is CCn1nc(C(=O)NC[C@]2(O)CC[C@@H](S(C)(=O)=O)CC2)c(C)c1-c1cnc(CC(C)(C)C(F)F)cc1OC(F)F. The summed E-state index contributed by atoms with van der Waals surface area (Å²) in [7, 11) is -3.22. The van der Waals surface area contributed by atoms with Gasteiger partial charge in [0.25, 0.3) is 5.91 Å². The number of amides is 1. The van der Waals surface area contributed by atoms with E-state index in [9.17, 15) is 35.9 Å². The van der Waals surface area contributed by atoms with Crippen LogP contribution in [0.1, 0.15) is 68.2 Å². The fourth-order valence-corrected chi connectivity index (χ4v) is 5.98. The fourth-order valence-electron chi connectivity index (χ4n) is 4.89. The van der Waals surface area contributed by atoms with Crippen molar-refractivity contribution in [1.29, 1.82) is 0 Å². The van der Waals surface area contributed by atoms with Crippen LogP contribution in [0.5, 0.6) is 5.75 Å². The highest BCUT2D eigenvalue weighted by Gasteiger charge is 2.37. The van der Waals surface area contributed by atoms with Gasteiger partial charge in [0.15, 0.2) is 5.69 Å². The zero-order valence-electron chi connectivity index (χ0n) is 23.2. The first-order chi connectivity index (χ1) is 18.5. The smallest absolute Gasteiger partial charge is 0.387 e. The molecule has 1 aliphatic carbocycles. The van der Waals surface area contributed by atoms with E-state index in [0.717, 1.165) is 0 Å². The minimum atomic E-state index is -3.22. The Morgan fingerprint density at radius 2 is 1.90 bits per heavy atom. The molecule has 9 nitrogen and oxygen atoms in total. The molecule has 2 aromatic rings. The Labute approximate surface area is 231 Å². The second kappa shape index (κ2) is 12.0. The molecule has 2 heterocycles. The summed E-state index contributed by atoms with van der Waals surface area (Å²) in [5.74, 6) is -0.893. The Morgan fingerprint density at radius 3 is 2.42 bits per heavy atom. The molecular weight excluding hydrogens is 556 g/mol. The van der Waals surface area contributed by atoms with Crippen molar-refractivity contribution < 1.29 is 40.6 Å². The van der Waals surface area contributed by atoms with Gasteiger partial charge in [0.1, 0.15) is 15.6 Å². The van der Waals surface area contributed by atoms with E-state index < -0.39 is 45.0 Å². The lowest BCUT2D eigenvalue weighted by atomic mass is 9.84. The van der Waals surface area contributed by atoms with Gasteiger partial charge in [-0.25, -0.2) is 17.2 Å². The van der Waals surface area contributed by atoms with Gasteiger partial charge >= 0.3 is 6.61 Å². The largest absolute Gasteiger partial charge is 0.434 e. The maximum atomic E-state index is 13.4. The van der Waals surface area contributed by atoms with Crippen molar-refractivity contribution in [2.75, 3.05) is 12.8 Å². The van der Waals surface area contributed by atoms with Crippen LogP contribution in [0, 0.1) is 12.3 Å². The first kappa shape index (κ1) is 31.8. The number of nitrogens with one attached hydrogen (secondary N) is 1. The van der Waals surface area contributed by atoms with Crippen LogP contribution in [0.3, 0.4) is 0 Å². The quantitative estimate of drug-likeness (QED) is 0.376. The number of sulfone groups is 1. The van der Waals surface area contributed by atoms with E-state index in [0.29, 0.717) is 11.3 Å². The Balaban J connectivity index is 1.87. The maximum Gasteiger partial charge on any atom is 0.387 e. The van der Waals surface area contributed by atoms with Crippen molar-refractivity contribution in [3.05, 3.63) is 29.2 Å². The van der Waals surface area contributed by atoms with Gasteiger partial charge in [0.05, 0.1) is 22.1 Å². The molecule has 224 valence electrons. The molecular formula is C26H36F4N4O5S. The van der Waals surface area contributed by atoms with Crippen molar-refractivity contribution in [1.82, 2.24) is 20.1 Å². The number of aliphatic hydroxyl groups is 1. The Hall–Kier alpha value is -2.74. The summed E-state index contributed by atoms with van der Waals surface area (Å²) < 4.78 is 83.2. The predicted molar refractivity (Wildman–Crippen MR) is 140 cm³/mol. The number of hydrogen-bond donors (Lipinski definition) is 2. The van der Waals surface area contributed by atoms with E-state index in [1.165, 1.54) is 37.0 Å². The van der Waals surface area contributed by atoms with E-state index in [1.807, 2.05) is 0 Å². The summed E-state index contributed by atoms with van der Waals surface area (Å²) in [6, 6.07) is 1.19. The van der Waals surface area contributed by atoms with Crippen LogP contribution < -0.4 is 10.1 Å². The van der Waals surface area contributed by atoms with E-state index in [1.54, 1.807) is 13.8 Å². The zero-order chi connectivity index (χ0) is 30.0. The first-order valence-corrected chi connectivity index (χ1v) is 14.9. The van der Waals surface area contributed by atoms with Gasteiger partial charge in [-0.2, -0.15) is 13.9 Å². The number of alkyl halides is 4. The predicted octanol–water partition coefficient (Wildman–Crippen LogP) is 4.16. The molecule has 3 rings (SSSR count). The molecule has 0 aliphatic heterocycles. The zero-order valence-corrected chi connectivity index (χ0v) is 24.0. The van der Waals surface area contributed by atoms with Crippen molar-refractivity contribution >= 4 is 15.7 Å². The van der Waals surface area contributed by atoms with Crippen LogP contribution in [0.2, 0.25) is 0 Å². The minimum Gasteiger partial charge on any atom is -0.434 e. The summed E-state index contributed by atoms with van der Waals surface area (Å²) in [5.41, 5.74) is -1.83. The van der Waals surface area contributed by atoms with E-state index >= 15 is 0 Å². The number of aryl methyl sites for hydroxylation is 1. The van der Waals surface area contributed by atoms with Gasteiger partial charge < -0.3 is 15.2 Å². The lowest BCUT2D eigenvalue weighted by Crippen LogP contribution is -2.47. The molecule has 14 heteroatoms. The summed E-state index contributed by atoms with van der Waals surface area (Å²) in [4.78, 5) is 17.3. The molecule has 0 aromatic carbocycles. The number of carbonyl (C=O) groups excluding carboxylic acids is 1. The third-order valence-electron chi connectivity index (χ3n) is 7.37. The van der Waals surface area contributed by atoms with Gasteiger partial charge in [-0.15, -0.1) is 0 Å². The maximum absolute atomic E-state index is 13.4. The topological polar surface area (TPSA) is 123 Å². The van der Waals surface area contributed by atoms with Crippen molar-refractivity contribution in [2.24, 2.45) is 5.41 Å². The van der Waals surface area contributed by atoms with Crippen LogP contribution in [0.15, 0.2) is 12.3 Å². The van der Waals surface area contributed by atoms with Gasteiger partial charge in [0.2, 0.25) is 6.43 Å². The molecule has 1 fully saturated rings. The molecule has 1 saturated carbocycles. The molecule has 0 bridgehead atoms. The third kappa shape index (κ3) is 7.31. The molecule has 2 N–H and O–H groups in total. The van der Waals surface area contributed by atoms with Crippen LogP contribution in [0.4, 0.5) is 17.6 Å². The average molecular weight is 593 g/mol. The number of halogens is 4. The normalized spacial score (nSPS) is 20.2. The van der Waals surface area contributed by atoms with E-state index in [2.05, 4.69) is 15.4 Å². The highest BCUT2D eigenvalue weighted by molar-refractivity contribution is 7.91. The number of nitrogens with zero attached hydrogens (tertiary/aromatic N) is 3. The number of rotatable bonds is 11. The average Bonchev–Trinajstić information content (AvgIpc) is 3.18. The number of ether oxygens (including phenoxy) is 1. The van der Waals surface area contributed by atoms with Crippen molar-refractivity contribution in [2.45, 2.75) is 90.2 Å². The van der Waals surface area contributed by atoms with E-state index in [-0.39, 0.29) is 67.9 Å². The molecule has 0 spiro atoms. The van der Waals surface area contributed by atoms with Crippen LogP contribution in [-0.2, 0) is 22.8 Å². The summed E-state index contributed by atoms with van der Waals surface area (Å²) in [6.07, 6.45) is 0.533. The standard InChI is InChI=1S/C26H36F4N4O5S/c1-6-34-21(18-13-31-16(11-19(18)39-24(29)30)12-25(3,4)23(27)28)15(2)20(33-34)22(35)32-14-26(36)9-7-17(8-10-26)40(5,37)38/h11,13,17,23-24,36H,6-10,12,14H2,1-5H3,(H,32,35)/t17-,26+. The second-order valence-electron chi connectivity index (χ2n) is 11.1. The Kier molecular flexibility index (Phi) is 9.55. The van der Waals surface area contributed by atoms with Crippen molar-refractivity contribution in [3.63, 3.8) is 0 Å². The molecule has 1 amide bonds. The van der Waals surface area contributed by atoms with Crippen LogP contribution >= 0.6 is 0 Å². The summed E-state index contributed by atoms with van der Waals surface area (Å²) in [5, 5.41) is 17.4. The summed E-state index contributed by atoms with van der Waals surface area (Å²) >= 11 is 0. The lowest BCUT2D eigenvalue weighted by molar-refractivity contribution is -0.0496. The van der Waals surface area contributed by atoms with Gasteiger partial charge in [0, 0.05) is 54.7 Å². The molecule has 0 radical (unpaired) electrons. The van der Waals surface area contributed by atoms with Gasteiger partial charge in [-0.1, -0.05) is 13.8 Å². The minimum absolute atomic E-state index is 0.00354. The molecule has 1 aliphatic rings. The first-order valence-electron chi connectivity index (χ1n) is 13.0. The monoisotopic (exact) mass is 592 g/mol.